The number of hydrogen-bond donors (Lipinski definition) is 1. The quantitative estimate of drug-likeness (QED) is 0.452. The van der Waals surface area contributed by atoms with E-state index in [4.69, 9.17) is 0 Å². The zero-order valence-electron chi connectivity index (χ0n) is 22.1. The van der Waals surface area contributed by atoms with Crippen molar-refractivity contribution in [3.63, 3.8) is 0 Å². The van der Waals surface area contributed by atoms with Gasteiger partial charge < -0.3 is 5.11 Å². The van der Waals surface area contributed by atoms with Crippen LogP contribution in [0.4, 0.5) is 0 Å². The van der Waals surface area contributed by atoms with Crippen molar-refractivity contribution in [2.45, 2.75) is 106 Å². The SMILES string of the molecule is CC1(C)CC[C@]2(C(=O)O)CC[C@]3(C)C(CCC4[C@@]5(C)C=CC(=O)C(C)(C)C5CC[C@]43C)C2C1. The maximum Gasteiger partial charge on any atom is 0.309 e. The van der Waals surface area contributed by atoms with Gasteiger partial charge in [0.15, 0.2) is 5.78 Å². The minimum Gasteiger partial charge on any atom is -0.481 e. The van der Waals surface area contributed by atoms with E-state index < -0.39 is 11.4 Å². The summed E-state index contributed by atoms with van der Waals surface area (Å²) < 4.78 is 0. The zero-order valence-corrected chi connectivity index (χ0v) is 22.1. The summed E-state index contributed by atoms with van der Waals surface area (Å²) in [6, 6.07) is 0. The minimum absolute atomic E-state index is 0.0472. The van der Waals surface area contributed by atoms with Crippen LogP contribution < -0.4 is 0 Å². The average Bonchev–Trinajstić information content (AvgIpc) is 2.71. The Morgan fingerprint density at radius 3 is 2.15 bits per heavy atom. The smallest absolute Gasteiger partial charge is 0.309 e. The van der Waals surface area contributed by atoms with Gasteiger partial charge in [-0.1, -0.05) is 54.5 Å². The molecular weight excluding hydrogens is 408 g/mol. The fourth-order valence-electron chi connectivity index (χ4n) is 10.7. The molecule has 5 rings (SSSR count). The normalized spacial score (nSPS) is 52.2. The number of rotatable bonds is 1. The van der Waals surface area contributed by atoms with Crippen LogP contribution in [0.5, 0.6) is 0 Å². The van der Waals surface area contributed by atoms with E-state index in [0.717, 1.165) is 44.9 Å². The number of carboxylic acids is 1. The minimum atomic E-state index is -0.525. The fourth-order valence-corrected chi connectivity index (χ4v) is 10.7. The number of carbonyl (C=O) groups is 2. The van der Waals surface area contributed by atoms with Crippen molar-refractivity contribution in [3.8, 4) is 0 Å². The van der Waals surface area contributed by atoms with E-state index in [0.29, 0.717) is 29.5 Å². The van der Waals surface area contributed by atoms with Gasteiger partial charge in [-0.2, -0.15) is 0 Å². The summed E-state index contributed by atoms with van der Waals surface area (Å²) in [5, 5.41) is 10.5. The molecular formula is C30H46O3. The molecule has 3 heteroatoms. The standard InChI is InChI=1S/C30H46O3/c1-25(2)14-16-30(24(32)33)17-15-28(6)19(20(30)18-25)8-9-22-27(5)12-11-23(31)26(3,4)21(27)10-13-29(22,28)7/h11-12,19-22H,8-10,13-18H2,1-7H3,(H,32,33)/t19?,20?,21?,22?,27-,28+,29+,30-/m0/s1. The van der Waals surface area contributed by atoms with Crippen molar-refractivity contribution in [1.29, 1.82) is 0 Å². The molecule has 1 N–H and O–H groups in total. The first-order valence-corrected chi connectivity index (χ1v) is 13.6. The average molecular weight is 455 g/mol. The molecule has 0 aromatic heterocycles. The lowest BCUT2D eigenvalue weighted by Gasteiger charge is -2.72. The highest BCUT2D eigenvalue weighted by Crippen LogP contribution is 2.76. The number of carboxylic acid groups (broad SMARTS) is 1. The molecule has 4 fully saturated rings. The van der Waals surface area contributed by atoms with Crippen LogP contribution in [-0.2, 0) is 9.59 Å². The van der Waals surface area contributed by atoms with E-state index in [1.807, 2.05) is 6.08 Å². The highest BCUT2D eigenvalue weighted by Gasteiger charge is 2.70. The Balaban J connectivity index is 1.57. The molecule has 5 aliphatic rings. The third-order valence-electron chi connectivity index (χ3n) is 12.9. The molecule has 3 nitrogen and oxygen atoms in total. The molecule has 0 saturated heterocycles. The Morgan fingerprint density at radius 2 is 1.48 bits per heavy atom. The number of aliphatic carboxylic acids is 1. The maximum absolute atomic E-state index is 12.8. The van der Waals surface area contributed by atoms with Gasteiger partial charge in [0.05, 0.1) is 5.41 Å². The van der Waals surface area contributed by atoms with Crippen LogP contribution in [0, 0.1) is 56.2 Å². The predicted octanol–water partition coefficient (Wildman–Crippen LogP) is 7.30. The molecule has 0 heterocycles. The molecule has 4 unspecified atom stereocenters. The van der Waals surface area contributed by atoms with E-state index in [1.165, 1.54) is 12.8 Å². The summed E-state index contributed by atoms with van der Waals surface area (Å²) in [6.45, 7) is 16.6. The largest absolute Gasteiger partial charge is 0.481 e. The highest BCUT2D eigenvalue weighted by atomic mass is 16.4. The van der Waals surface area contributed by atoms with Crippen LogP contribution >= 0.6 is 0 Å². The van der Waals surface area contributed by atoms with E-state index in [-0.39, 0.29) is 27.1 Å². The first-order valence-electron chi connectivity index (χ1n) is 13.6. The third kappa shape index (κ3) is 2.80. The Morgan fingerprint density at radius 1 is 0.818 bits per heavy atom. The van der Waals surface area contributed by atoms with Gasteiger partial charge in [0, 0.05) is 5.41 Å². The second-order valence-electron chi connectivity index (χ2n) is 14.9. The van der Waals surface area contributed by atoms with Gasteiger partial charge >= 0.3 is 5.97 Å². The van der Waals surface area contributed by atoms with Crippen LogP contribution in [0.15, 0.2) is 12.2 Å². The molecule has 0 bridgehead atoms. The van der Waals surface area contributed by atoms with Crippen molar-refractivity contribution in [3.05, 3.63) is 12.2 Å². The first-order chi connectivity index (χ1) is 15.1. The Kier molecular flexibility index (Phi) is 4.83. The summed E-state index contributed by atoms with van der Waals surface area (Å²) in [5.74, 6) is 1.51. The van der Waals surface area contributed by atoms with Crippen LogP contribution in [-0.4, -0.2) is 16.9 Å². The molecule has 33 heavy (non-hydrogen) atoms. The van der Waals surface area contributed by atoms with Crippen LogP contribution in [0.1, 0.15) is 106 Å². The van der Waals surface area contributed by atoms with Crippen LogP contribution in [0.2, 0.25) is 0 Å². The topological polar surface area (TPSA) is 54.4 Å². The number of carbonyl (C=O) groups excluding carboxylic acids is 1. The van der Waals surface area contributed by atoms with Gasteiger partial charge in [-0.05, 0) is 109 Å². The molecule has 0 aromatic carbocycles. The van der Waals surface area contributed by atoms with Crippen molar-refractivity contribution >= 4 is 11.8 Å². The van der Waals surface area contributed by atoms with E-state index >= 15 is 0 Å². The second-order valence-corrected chi connectivity index (χ2v) is 14.9. The van der Waals surface area contributed by atoms with Crippen molar-refractivity contribution < 1.29 is 14.7 Å². The maximum atomic E-state index is 12.8. The van der Waals surface area contributed by atoms with Gasteiger partial charge in [-0.3, -0.25) is 9.59 Å². The van der Waals surface area contributed by atoms with E-state index in [1.54, 1.807) is 0 Å². The predicted molar refractivity (Wildman–Crippen MR) is 132 cm³/mol. The Hall–Kier alpha value is -1.12. The van der Waals surface area contributed by atoms with E-state index in [2.05, 4.69) is 54.5 Å². The molecule has 0 aromatic rings. The van der Waals surface area contributed by atoms with Gasteiger partial charge in [0.1, 0.15) is 0 Å². The van der Waals surface area contributed by atoms with Crippen molar-refractivity contribution in [2.75, 3.05) is 0 Å². The first kappa shape index (κ1) is 23.6. The molecule has 0 amide bonds. The van der Waals surface area contributed by atoms with Gasteiger partial charge in [0.2, 0.25) is 0 Å². The number of fused-ring (bicyclic) bond motifs is 7. The van der Waals surface area contributed by atoms with Gasteiger partial charge in [-0.15, -0.1) is 0 Å². The Bertz CT molecular complexity index is 914. The van der Waals surface area contributed by atoms with Crippen molar-refractivity contribution in [2.24, 2.45) is 56.2 Å². The summed E-state index contributed by atoms with van der Waals surface area (Å²) >= 11 is 0. The van der Waals surface area contributed by atoms with Crippen molar-refractivity contribution in [1.82, 2.24) is 0 Å². The lowest BCUT2D eigenvalue weighted by molar-refractivity contribution is -0.232. The zero-order chi connectivity index (χ0) is 24.2. The number of allylic oxidation sites excluding steroid dienone is 2. The third-order valence-corrected chi connectivity index (χ3v) is 12.9. The second kappa shape index (κ2) is 6.76. The summed E-state index contributed by atoms with van der Waals surface area (Å²) in [7, 11) is 0. The monoisotopic (exact) mass is 454 g/mol. The van der Waals surface area contributed by atoms with Crippen LogP contribution in [0.3, 0.4) is 0 Å². The number of hydrogen-bond acceptors (Lipinski definition) is 2. The molecule has 0 spiro atoms. The summed E-state index contributed by atoms with van der Waals surface area (Å²) in [4.78, 5) is 25.6. The molecule has 4 saturated carbocycles. The fraction of sp³-hybridized carbons (Fsp3) is 0.867. The Labute approximate surface area is 201 Å². The lowest BCUT2D eigenvalue weighted by Crippen LogP contribution is -2.66. The molecule has 5 aliphatic carbocycles. The summed E-state index contributed by atoms with van der Waals surface area (Å²) in [6.07, 6.45) is 13.6. The molecule has 0 radical (unpaired) electrons. The lowest BCUT2D eigenvalue weighted by atomic mass is 9.32. The number of ketones is 1. The molecule has 8 atom stereocenters. The van der Waals surface area contributed by atoms with Gasteiger partial charge in [-0.25, -0.2) is 0 Å². The van der Waals surface area contributed by atoms with E-state index in [9.17, 15) is 14.7 Å². The molecule has 184 valence electrons. The summed E-state index contributed by atoms with van der Waals surface area (Å²) in [5.41, 5.74) is -0.163. The van der Waals surface area contributed by atoms with Gasteiger partial charge in [0.25, 0.3) is 0 Å². The van der Waals surface area contributed by atoms with Crippen LogP contribution in [0.25, 0.3) is 0 Å². The highest BCUT2D eigenvalue weighted by molar-refractivity contribution is 5.95. The molecule has 0 aliphatic heterocycles.